The molecule has 0 atom stereocenters. The van der Waals surface area contributed by atoms with Crippen LogP contribution in [0.4, 0.5) is 0 Å². The summed E-state index contributed by atoms with van der Waals surface area (Å²) in [6, 6.07) is 6.74. The molecule has 2 heterocycles. The number of aromatic nitrogens is 1. The second-order valence-corrected chi connectivity index (χ2v) is 9.29. The van der Waals surface area contributed by atoms with Gasteiger partial charge >= 0.3 is 5.97 Å². The van der Waals surface area contributed by atoms with Crippen molar-refractivity contribution < 1.29 is 22.7 Å². The zero-order valence-corrected chi connectivity index (χ0v) is 18.5. The number of carbonyl (C=O) groups is 2. The number of carbonyl (C=O) groups excluding carboxylic acids is 2. The average molecular weight is 434 g/mol. The second kappa shape index (κ2) is 8.61. The molecular formula is C21H27N3O5S. The van der Waals surface area contributed by atoms with Gasteiger partial charge in [0.2, 0.25) is 10.0 Å². The normalized spacial score (nSPS) is 15.3. The highest BCUT2D eigenvalue weighted by Crippen LogP contribution is 2.23. The Labute approximate surface area is 176 Å². The standard InChI is InChI=1S/C21H27N3O5S/c1-5-29-21(26)19-15(3)18(16(4)22-19)20(25)23-10-12-24(13-11-23)30(27,28)17-8-6-14(2)7-9-17/h6-9,22H,5,10-13H2,1-4H3. The van der Waals surface area contributed by atoms with Gasteiger partial charge in [0.1, 0.15) is 5.69 Å². The predicted octanol–water partition coefficient (Wildman–Crippen LogP) is 2.26. The molecule has 0 aliphatic carbocycles. The summed E-state index contributed by atoms with van der Waals surface area (Å²) < 4.78 is 32.2. The highest BCUT2D eigenvalue weighted by Gasteiger charge is 2.32. The van der Waals surface area contributed by atoms with Gasteiger partial charge in [-0.3, -0.25) is 4.79 Å². The van der Waals surface area contributed by atoms with Crippen LogP contribution in [-0.4, -0.2) is 67.3 Å². The van der Waals surface area contributed by atoms with E-state index in [4.69, 9.17) is 4.74 Å². The van der Waals surface area contributed by atoms with Crippen molar-refractivity contribution in [2.45, 2.75) is 32.6 Å². The van der Waals surface area contributed by atoms with Crippen LogP contribution in [0.3, 0.4) is 0 Å². The lowest BCUT2D eigenvalue weighted by Crippen LogP contribution is -2.50. The topological polar surface area (TPSA) is 99.8 Å². The monoisotopic (exact) mass is 433 g/mol. The van der Waals surface area contributed by atoms with Crippen molar-refractivity contribution in [1.29, 1.82) is 0 Å². The molecule has 0 unspecified atom stereocenters. The number of sulfonamides is 1. The van der Waals surface area contributed by atoms with Crippen LogP contribution < -0.4 is 0 Å². The molecule has 1 fully saturated rings. The Balaban J connectivity index is 1.73. The average Bonchev–Trinajstić information content (AvgIpc) is 3.02. The number of H-pyrrole nitrogens is 1. The molecule has 1 aliphatic rings. The van der Waals surface area contributed by atoms with Crippen LogP contribution in [-0.2, 0) is 14.8 Å². The maximum atomic E-state index is 13.1. The van der Waals surface area contributed by atoms with E-state index in [-0.39, 0.29) is 49.3 Å². The molecule has 3 rings (SSSR count). The number of aryl methyl sites for hydroxylation is 2. The first-order valence-electron chi connectivity index (χ1n) is 9.89. The molecule has 2 aromatic rings. The number of rotatable bonds is 5. The molecule has 8 nitrogen and oxygen atoms in total. The Hall–Kier alpha value is -2.65. The van der Waals surface area contributed by atoms with Crippen LogP contribution in [0.25, 0.3) is 0 Å². The maximum absolute atomic E-state index is 13.1. The first-order valence-corrected chi connectivity index (χ1v) is 11.3. The van der Waals surface area contributed by atoms with E-state index in [2.05, 4.69) is 4.98 Å². The minimum Gasteiger partial charge on any atom is -0.461 e. The lowest BCUT2D eigenvalue weighted by Gasteiger charge is -2.34. The van der Waals surface area contributed by atoms with Crippen LogP contribution >= 0.6 is 0 Å². The molecule has 1 saturated heterocycles. The molecule has 1 amide bonds. The van der Waals surface area contributed by atoms with Gasteiger partial charge in [-0.15, -0.1) is 0 Å². The summed E-state index contributed by atoms with van der Waals surface area (Å²) in [5, 5.41) is 0. The number of amides is 1. The minimum atomic E-state index is -3.59. The van der Waals surface area contributed by atoms with Crippen molar-refractivity contribution in [3.8, 4) is 0 Å². The summed E-state index contributed by atoms with van der Waals surface area (Å²) >= 11 is 0. The lowest BCUT2D eigenvalue weighted by molar-refractivity contribution is 0.0519. The molecule has 0 radical (unpaired) electrons. The molecule has 30 heavy (non-hydrogen) atoms. The van der Waals surface area contributed by atoms with E-state index in [0.29, 0.717) is 16.8 Å². The summed E-state index contributed by atoms with van der Waals surface area (Å²) in [4.78, 5) is 30.0. The Morgan fingerprint density at radius 3 is 2.20 bits per heavy atom. The molecular weight excluding hydrogens is 406 g/mol. The molecule has 0 saturated carbocycles. The number of aromatic amines is 1. The molecule has 1 aromatic heterocycles. The molecule has 1 N–H and O–H groups in total. The van der Waals surface area contributed by atoms with Gasteiger partial charge in [0.15, 0.2) is 0 Å². The fraction of sp³-hybridized carbons (Fsp3) is 0.429. The third-order valence-electron chi connectivity index (χ3n) is 5.32. The predicted molar refractivity (Wildman–Crippen MR) is 112 cm³/mol. The number of ether oxygens (including phenoxy) is 1. The molecule has 0 spiro atoms. The van der Waals surface area contributed by atoms with Crippen molar-refractivity contribution in [3.05, 3.63) is 52.3 Å². The smallest absolute Gasteiger partial charge is 0.355 e. The summed E-state index contributed by atoms with van der Waals surface area (Å²) in [5.41, 5.74) is 2.84. The molecule has 1 aliphatic heterocycles. The van der Waals surface area contributed by atoms with Crippen LogP contribution in [0.1, 0.15) is 44.6 Å². The van der Waals surface area contributed by atoms with Crippen LogP contribution in [0.5, 0.6) is 0 Å². The lowest BCUT2D eigenvalue weighted by atomic mass is 10.1. The molecule has 9 heteroatoms. The van der Waals surface area contributed by atoms with Crippen molar-refractivity contribution >= 4 is 21.9 Å². The maximum Gasteiger partial charge on any atom is 0.355 e. The van der Waals surface area contributed by atoms with Gasteiger partial charge in [0, 0.05) is 31.9 Å². The van der Waals surface area contributed by atoms with Gasteiger partial charge in [-0.05, 0) is 45.4 Å². The number of piperazine rings is 1. The van der Waals surface area contributed by atoms with E-state index in [0.717, 1.165) is 5.56 Å². The number of nitrogens with zero attached hydrogens (tertiary/aromatic N) is 2. The summed E-state index contributed by atoms with van der Waals surface area (Å²) in [6.45, 7) is 8.31. The number of benzene rings is 1. The highest BCUT2D eigenvalue weighted by molar-refractivity contribution is 7.89. The van der Waals surface area contributed by atoms with Gasteiger partial charge in [-0.2, -0.15) is 4.31 Å². The van der Waals surface area contributed by atoms with Gasteiger partial charge in [0.25, 0.3) is 5.91 Å². The molecule has 162 valence electrons. The van der Waals surface area contributed by atoms with E-state index < -0.39 is 16.0 Å². The van der Waals surface area contributed by atoms with Crippen molar-refractivity contribution in [1.82, 2.24) is 14.2 Å². The van der Waals surface area contributed by atoms with E-state index >= 15 is 0 Å². The SMILES string of the molecule is CCOC(=O)c1[nH]c(C)c(C(=O)N2CCN(S(=O)(=O)c3ccc(C)cc3)CC2)c1C. The molecule has 0 bridgehead atoms. The zero-order valence-electron chi connectivity index (χ0n) is 17.7. The third kappa shape index (κ3) is 4.13. The molecule has 1 aromatic carbocycles. The Morgan fingerprint density at radius 2 is 1.63 bits per heavy atom. The van der Waals surface area contributed by atoms with Crippen LogP contribution in [0.15, 0.2) is 29.2 Å². The number of esters is 1. The van der Waals surface area contributed by atoms with Crippen molar-refractivity contribution in [2.75, 3.05) is 32.8 Å². The number of hydrogen-bond acceptors (Lipinski definition) is 5. The van der Waals surface area contributed by atoms with E-state index in [9.17, 15) is 18.0 Å². The van der Waals surface area contributed by atoms with E-state index in [1.807, 2.05) is 6.92 Å². The highest BCUT2D eigenvalue weighted by atomic mass is 32.2. The van der Waals surface area contributed by atoms with Gasteiger partial charge < -0.3 is 14.6 Å². The first-order chi connectivity index (χ1) is 14.2. The minimum absolute atomic E-state index is 0.217. The van der Waals surface area contributed by atoms with Crippen molar-refractivity contribution in [3.63, 3.8) is 0 Å². The summed E-state index contributed by atoms with van der Waals surface area (Å²) in [5.74, 6) is -0.713. The summed E-state index contributed by atoms with van der Waals surface area (Å²) in [7, 11) is -3.59. The number of hydrogen-bond donors (Lipinski definition) is 1. The third-order valence-corrected chi connectivity index (χ3v) is 7.23. The van der Waals surface area contributed by atoms with Gasteiger partial charge in [0.05, 0.1) is 17.1 Å². The van der Waals surface area contributed by atoms with Gasteiger partial charge in [-0.25, -0.2) is 13.2 Å². The van der Waals surface area contributed by atoms with Crippen LogP contribution in [0.2, 0.25) is 0 Å². The van der Waals surface area contributed by atoms with Gasteiger partial charge in [-0.1, -0.05) is 17.7 Å². The quantitative estimate of drug-likeness (QED) is 0.729. The fourth-order valence-electron chi connectivity index (χ4n) is 3.63. The fourth-order valence-corrected chi connectivity index (χ4v) is 5.05. The Morgan fingerprint density at radius 1 is 1.03 bits per heavy atom. The number of nitrogens with one attached hydrogen (secondary N) is 1. The Bertz CT molecular complexity index is 1050. The van der Waals surface area contributed by atoms with Crippen LogP contribution in [0, 0.1) is 20.8 Å². The largest absolute Gasteiger partial charge is 0.461 e. The zero-order chi connectivity index (χ0) is 22.1. The summed E-state index contributed by atoms with van der Waals surface area (Å²) in [6.07, 6.45) is 0. The van der Waals surface area contributed by atoms with Crippen molar-refractivity contribution in [2.24, 2.45) is 0 Å². The van der Waals surface area contributed by atoms with E-state index in [1.165, 1.54) is 4.31 Å². The second-order valence-electron chi connectivity index (χ2n) is 7.35. The van der Waals surface area contributed by atoms with E-state index in [1.54, 1.807) is 49.9 Å². The first kappa shape index (κ1) is 22.0. The Kier molecular flexibility index (Phi) is 6.33.